The normalized spacial score (nSPS) is 12.3. The summed E-state index contributed by atoms with van der Waals surface area (Å²) < 4.78 is 43.3. The van der Waals surface area contributed by atoms with Crippen LogP contribution in [0.5, 0.6) is 46.0 Å². The Morgan fingerprint density at radius 2 is 0.826 bits per heavy atom. The highest BCUT2D eigenvalue weighted by atomic mass is 16.7. The van der Waals surface area contributed by atoms with Crippen molar-refractivity contribution in [3.8, 4) is 57.1 Å². The van der Waals surface area contributed by atoms with E-state index in [1.54, 1.807) is 0 Å². The third kappa shape index (κ3) is 5.19. The SMILES string of the molecule is COc1ccc(C(=O)C(=O)c2cc(OC)c3c(c2)OCO3)cc1-c1cc(C(=O)C(=O)c2cc(OC)c3c(c2)OCO3)ccc1OC. The zero-order valence-corrected chi connectivity index (χ0v) is 25.1. The first-order valence-corrected chi connectivity index (χ1v) is 13.8. The van der Waals surface area contributed by atoms with Crippen molar-refractivity contribution in [3.05, 3.63) is 82.9 Å². The molecule has 12 heteroatoms. The van der Waals surface area contributed by atoms with Crippen LogP contribution in [0.2, 0.25) is 0 Å². The Morgan fingerprint density at radius 1 is 0.457 bits per heavy atom. The molecule has 6 rings (SSSR count). The van der Waals surface area contributed by atoms with Gasteiger partial charge in [-0.25, -0.2) is 0 Å². The molecule has 0 N–H and O–H groups in total. The van der Waals surface area contributed by atoms with E-state index in [1.807, 2.05) is 0 Å². The number of hydrogen-bond acceptors (Lipinski definition) is 12. The first-order valence-electron chi connectivity index (χ1n) is 13.8. The van der Waals surface area contributed by atoms with E-state index >= 15 is 0 Å². The summed E-state index contributed by atoms with van der Waals surface area (Å²) in [5, 5.41) is 0. The van der Waals surface area contributed by atoms with Gasteiger partial charge in [0.05, 0.1) is 28.4 Å². The van der Waals surface area contributed by atoms with E-state index in [1.165, 1.54) is 89.1 Å². The summed E-state index contributed by atoms with van der Waals surface area (Å²) in [6.45, 7) is -0.0853. The van der Waals surface area contributed by atoms with Crippen LogP contribution >= 0.6 is 0 Å². The lowest BCUT2D eigenvalue weighted by atomic mass is 9.93. The number of carbonyl (C=O) groups excluding carboxylic acids is 4. The maximum absolute atomic E-state index is 13.5. The Labute approximate surface area is 262 Å². The maximum atomic E-state index is 13.5. The lowest BCUT2D eigenvalue weighted by molar-refractivity contribution is 0.0816. The highest BCUT2D eigenvalue weighted by molar-refractivity contribution is 6.50. The number of ether oxygens (including phenoxy) is 8. The number of ketones is 4. The Morgan fingerprint density at radius 3 is 1.20 bits per heavy atom. The Balaban J connectivity index is 1.35. The summed E-state index contributed by atoms with van der Waals surface area (Å²) in [5.74, 6) is -0.855. The van der Waals surface area contributed by atoms with E-state index in [0.717, 1.165) is 0 Å². The molecule has 46 heavy (non-hydrogen) atoms. The molecule has 0 aromatic heterocycles. The quantitative estimate of drug-likeness (QED) is 0.164. The minimum absolute atomic E-state index is 0.0414. The third-order valence-electron chi connectivity index (χ3n) is 7.47. The van der Waals surface area contributed by atoms with Crippen LogP contribution in [0.1, 0.15) is 41.4 Å². The predicted octanol–water partition coefficient (Wildman–Crippen LogP) is 4.98. The molecule has 12 nitrogen and oxygen atoms in total. The molecule has 0 fully saturated rings. The molecule has 234 valence electrons. The molecule has 0 amide bonds. The van der Waals surface area contributed by atoms with Crippen molar-refractivity contribution >= 4 is 23.1 Å². The fourth-order valence-corrected chi connectivity index (χ4v) is 5.17. The molecule has 4 aromatic rings. The molecule has 4 aromatic carbocycles. The van der Waals surface area contributed by atoms with Crippen LogP contribution in [0.4, 0.5) is 0 Å². The molecule has 0 unspecified atom stereocenters. The van der Waals surface area contributed by atoms with Gasteiger partial charge in [-0.15, -0.1) is 0 Å². The van der Waals surface area contributed by atoms with E-state index in [9.17, 15) is 19.2 Å². The molecule has 0 spiro atoms. The van der Waals surface area contributed by atoms with E-state index in [-0.39, 0.29) is 58.8 Å². The minimum Gasteiger partial charge on any atom is -0.496 e. The summed E-state index contributed by atoms with van der Waals surface area (Å²) in [7, 11) is 5.69. The van der Waals surface area contributed by atoms with Gasteiger partial charge in [-0.05, 0) is 60.7 Å². The van der Waals surface area contributed by atoms with Crippen LogP contribution in [-0.2, 0) is 0 Å². The Hall–Kier alpha value is -6.04. The largest absolute Gasteiger partial charge is 0.496 e. The average molecular weight is 627 g/mol. The van der Waals surface area contributed by atoms with Crippen molar-refractivity contribution in [1.82, 2.24) is 0 Å². The second-order valence-corrected chi connectivity index (χ2v) is 9.97. The van der Waals surface area contributed by atoms with Gasteiger partial charge in [0.15, 0.2) is 23.0 Å². The maximum Gasteiger partial charge on any atom is 0.233 e. The molecular weight excluding hydrogens is 600 g/mol. The Bertz CT molecular complexity index is 1790. The summed E-state index contributed by atoms with van der Waals surface area (Å²) in [4.78, 5) is 53.6. The monoisotopic (exact) mass is 626 g/mol. The molecule has 2 aliphatic heterocycles. The lowest BCUT2D eigenvalue weighted by Gasteiger charge is -2.15. The highest BCUT2D eigenvalue weighted by Crippen LogP contribution is 2.44. The standard InChI is InChI=1S/C34H26O12/c1-39-23-7-5-17(29(35)31(37)19-11-25(41-3)33-27(13-19)43-15-45-33)9-21(23)22-10-18(6-8-24(22)40-2)30(36)32(38)20-12-26(42-4)34-28(14-20)44-16-46-34/h5-14H,15-16H2,1-4H3. The van der Waals surface area contributed by atoms with Crippen molar-refractivity contribution in [2.24, 2.45) is 0 Å². The van der Waals surface area contributed by atoms with Gasteiger partial charge in [-0.2, -0.15) is 0 Å². The zero-order chi connectivity index (χ0) is 32.5. The number of methoxy groups -OCH3 is 4. The van der Waals surface area contributed by atoms with Gasteiger partial charge in [-0.3, -0.25) is 19.2 Å². The second kappa shape index (κ2) is 12.2. The van der Waals surface area contributed by atoms with Crippen LogP contribution < -0.4 is 37.9 Å². The fraction of sp³-hybridized carbons (Fsp3) is 0.176. The minimum atomic E-state index is -0.817. The number of fused-ring (bicyclic) bond motifs is 2. The lowest BCUT2D eigenvalue weighted by Crippen LogP contribution is -2.15. The smallest absolute Gasteiger partial charge is 0.233 e. The summed E-state index contributed by atoms with van der Waals surface area (Å²) in [6.07, 6.45) is 0. The zero-order valence-electron chi connectivity index (χ0n) is 25.1. The van der Waals surface area contributed by atoms with Gasteiger partial charge in [-0.1, -0.05) is 0 Å². The average Bonchev–Trinajstić information content (AvgIpc) is 3.79. The number of benzene rings is 4. The highest BCUT2D eigenvalue weighted by Gasteiger charge is 2.29. The van der Waals surface area contributed by atoms with Crippen LogP contribution in [0.15, 0.2) is 60.7 Å². The van der Waals surface area contributed by atoms with Gasteiger partial charge in [0.25, 0.3) is 0 Å². The van der Waals surface area contributed by atoms with Gasteiger partial charge in [0.1, 0.15) is 11.5 Å². The van der Waals surface area contributed by atoms with Crippen molar-refractivity contribution in [1.29, 1.82) is 0 Å². The van der Waals surface area contributed by atoms with Gasteiger partial charge < -0.3 is 37.9 Å². The van der Waals surface area contributed by atoms with Gasteiger partial charge in [0.2, 0.25) is 48.2 Å². The van der Waals surface area contributed by atoms with Crippen molar-refractivity contribution < 1.29 is 57.1 Å². The third-order valence-corrected chi connectivity index (χ3v) is 7.47. The van der Waals surface area contributed by atoms with Crippen molar-refractivity contribution in [2.75, 3.05) is 42.0 Å². The van der Waals surface area contributed by atoms with Crippen LogP contribution in [0.25, 0.3) is 11.1 Å². The molecular formula is C34H26O12. The number of hydrogen-bond donors (Lipinski definition) is 0. The second-order valence-electron chi connectivity index (χ2n) is 9.97. The van der Waals surface area contributed by atoms with Gasteiger partial charge >= 0.3 is 0 Å². The molecule has 2 heterocycles. The van der Waals surface area contributed by atoms with E-state index < -0.39 is 23.1 Å². The fourth-order valence-electron chi connectivity index (χ4n) is 5.17. The van der Waals surface area contributed by atoms with E-state index in [2.05, 4.69) is 0 Å². The van der Waals surface area contributed by atoms with E-state index in [0.29, 0.717) is 34.1 Å². The number of Topliss-reactive ketones (excluding diaryl/α,β-unsaturated/α-hetero) is 4. The first-order chi connectivity index (χ1) is 22.3. The molecule has 2 aliphatic rings. The van der Waals surface area contributed by atoms with Crippen LogP contribution in [0, 0.1) is 0 Å². The van der Waals surface area contributed by atoms with Crippen molar-refractivity contribution in [2.45, 2.75) is 0 Å². The number of rotatable bonds is 11. The summed E-state index contributed by atoms with van der Waals surface area (Å²) >= 11 is 0. The number of carbonyl (C=O) groups is 4. The van der Waals surface area contributed by atoms with Gasteiger partial charge in [0, 0.05) is 33.4 Å². The predicted molar refractivity (Wildman–Crippen MR) is 161 cm³/mol. The van der Waals surface area contributed by atoms with Crippen LogP contribution in [-0.4, -0.2) is 65.2 Å². The molecule has 0 aliphatic carbocycles. The molecule has 0 saturated heterocycles. The topological polar surface area (TPSA) is 142 Å². The summed E-state index contributed by atoms with van der Waals surface area (Å²) in [5.41, 5.74) is 0.861. The molecule has 0 radical (unpaired) electrons. The first kappa shape index (κ1) is 30.0. The van der Waals surface area contributed by atoms with Crippen molar-refractivity contribution in [3.63, 3.8) is 0 Å². The molecule has 0 bridgehead atoms. The molecule has 0 saturated carbocycles. The molecule has 0 atom stereocenters. The van der Waals surface area contributed by atoms with E-state index in [4.69, 9.17) is 37.9 Å². The summed E-state index contributed by atoms with van der Waals surface area (Å²) in [6, 6.07) is 14.5. The van der Waals surface area contributed by atoms with Crippen LogP contribution in [0.3, 0.4) is 0 Å². The Kier molecular flexibility index (Phi) is 7.93.